The Hall–Kier alpha value is -1.47. The molecule has 1 spiro atoms. The van der Waals surface area contributed by atoms with Crippen LogP contribution in [-0.4, -0.2) is 51.4 Å². The maximum absolute atomic E-state index is 12.5. The molecule has 3 rings (SSSR count). The highest BCUT2D eigenvalue weighted by atomic mass is 16.5. The first-order valence-corrected chi connectivity index (χ1v) is 8.11. The summed E-state index contributed by atoms with van der Waals surface area (Å²) in [6, 6.07) is -0.00428. The standard InChI is InChI=1S/C15H24N4O3/c1-3-10-13(17-18-19(10)4-2)14(21)16-11-9-12(20)15(11)5-7-22-8-6-15/h11-12,20H,3-9H2,1-2H3,(H,16,21)/t11-,12-/m1/s1. The largest absolute Gasteiger partial charge is 0.392 e. The summed E-state index contributed by atoms with van der Waals surface area (Å²) in [5.74, 6) is -0.181. The van der Waals surface area contributed by atoms with Crippen molar-refractivity contribution in [2.45, 2.75) is 58.2 Å². The van der Waals surface area contributed by atoms with Crippen LogP contribution in [0.5, 0.6) is 0 Å². The number of hydrogen-bond acceptors (Lipinski definition) is 5. The third kappa shape index (κ3) is 2.32. The monoisotopic (exact) mass is 308 g/mol. The van der Waals surface area contributed by atoms with E-state index in [4.69, 9.17) is 4.74 Å². The third-order valence-electron chi connectivity index (χ3n) is 5.23. The van der Waals surface area contributed by atoms with Crippen LogP contribution in [-0.2, 0) is 17.7 Å². The second-order valence-corrected chi connectivity index (χ2v) is 6.18. The summed E-state index contributed by atoms with van der Waals surface area (Å²) >= 11 is 0. The number of hydrogen-bond donors (Lipinski definition) is 2. The van der Waals surface area contributed by atoms with Crippen molar-refractivity contribution >= 4 is 5.91 Å². The maximum Gasteiger partial charge on any atom is 0.273 e. The number of nitrogens with one attached hydrogen (secondary N) is 1. The fraction of sp³-hybridized carbons (Fsp3) is 0.800. The van der Waals surface area contributed by atoms with Crippen molar-refractivity contribution in [2.75, 3.05) is 13.2 Å². The Labute approximate surface area is 130 Å². The Kier molecular flexibility index (Phi) is 4.18. The molecule has 122 valence electrons. The van der Waals surface area contributed by atoms with E-state index < -0.39 is 0 Å². The number of ether oxygens (including phenoxy) is 1. The number of aliphatic hydroxyl groups is 1. The van der Waals surface area contributed by atoms with E-state index in [1.807, 2.05) is 13.8 Å². The molecule has 7 heteroatoms. The van der Waals surface area contributed by atoms with Crippen molar-refractivity contribution in [2.24, 2.45) is 5.41 Å². The molecule has 1 aliphatic carbocycles. The van der Waals surface area contributed by atoms with Crippen molar-refractivity contribution < 1.29 is 14.6 Å². The van der Waals surface area contributed by atoms with Gasteiger partial charge in [-0.1, -0.05) is 12.1 Å². The zero-order valence-corrected chi connectivity index (χ0v) is 13.2. The predicted molar refractivity (Wildman–Crippen MR) is 79.4 cm³/mol. The van der Waals surface area contributed by atoms with Crippen LogP contribution in [0.1, 0.15) is 49.3 Å². The molecule has 1 aromatic rings. The molecule has 2 N–H and O–H groups in total. The molecule has 0 bridgehead atoms. The van der Waals surface area contributed by atoms with Crippen LogP contribution in [0.2, 0.25) is 0 Å². The summed E-state index contributed by atoms with van der Waals surface area (Å²) in [7, 11) is 0. The summed E-state index contributed by atoms with van der Waals surface area (Å²) in [5.41, 5.74) is 1.05. The van der Waals surface area contributed by atoms with Crippen LogP contribution in [0.25, 0.3) is 0 Å². The minimum atomic E-state index is -0.348. The van der Waals surface area contributed by atoms with Gasteiger partial charge < -0.3 is 15.2 Å². The van der Waals surface area contributed by atoms with Crippen molar-refractivity contribution in [3.05, 3.63) is 11.4 Å². The lowest BCUT2D eigenvalue weighted by atomic mass is 9.58. The highest BCUT2D eigenvalue weighted by molar-refractivity contribution is 5.93. The van der Waals surface area contributed by atoms with Gasteiger partial charge in [-0.2, -0.15) is 0 Å². The number of rotatable bonds is 4. The summed E-state index contributed by atoms with van der Waals surface area (Å²) in [6.45, 7) is 5.97. The Balaban J connectivity index is 1.73. The van der Waals surface area contributed by atoms with Crippen molar-refractivity contribution in [1.82, 2.24) is 20.3 Å². The summed E-state index contributed by atoms with van der Waals surface area (Å²) < 4.78 is 7.15. The molecule has 1 saturated heterocycles. The van der Waals surface area contributed by atoms with E-state index in [0.29, 0.717) is 31.9 Å². The summed E-state index contributed by atoms with van der Waals surface area (Å²) in [4.78, 5) is 12.5. The van der Waals surface area contributed by atoms with E-state index in [1.54, 1.807) is 4.68 Å². The second kappa shape index (κ2) is 5.96. The molecular formula is C15H24N4O3. The van der Waals surface area contributed by atoms with Gasteiger partial charge in [0.2, 0.25) is 0 Å². The van der Waals surface area contributed by atoms with Crippen LogP contribution in [0, 0.1) is 5.41 Å². The van der Waals surface area contributed by atoms with Gasteiger partial charge in [0.25, 0.3) is 5.91 Å². The third-order valence-corrected chi connectivity index (χ3v) is 5.23. The Morgan fingerprint density at radius 1 is 1.45 bits per heavy atom. The molecule has 2 aliphatic rings. The molecular weight excluding hydrogens is 284 g/mol. The number of carbonyl (C=O) groups excluding carboxylic acids is 1. The van der Waals surface area contributed by atoms with E-state index in [0.717, 1.165) is 25.0 Å². The van der Waals surface area contributed by atoms with Gasteiger partial charge in [-0.05, 0) is 32.6 Å². The number of nitrogens with zero attached hydrogens (tertiary/aromatic N) is 3. The van der Waals surface area contributed by atoms with Gasteiger partial charge in [0.1, 0.15) is 0 Å². The average molecular weight is 308 g/mol. The lowest BCUT2D eigenvalue weighted by Crippen LogP contribution is -2.65. The van der Waals surface area contributed by atoms with E-state index in [2.05, 4.69) is 15.6 Å². The minimum Gasteiger partial charge on any atom is -0.392 e. The summed E-state index contributed by atoms with van der Waals surface area (Å²) in [5, 5.41) is 21.3. The Morgan fingerprint density at radius 3 is 2.77 bits per heavy atom. The molecule has 0 aromatic carbocycles. The molecule has 7 nitrogen and oxygen atoms in total. The first-order chi connectivity index (χ1) is 10.6. The van der Waals surface area contributed by atoms with E-state index in [9.17, 15) is 9.90 Å². The molecule has 22 heavy (non-hydrogen) atoms. The number of aromatic nitrogens is 3. The van der Waals surface area contributed by atoms with Gasteiger partial charge >= 0.3 is 0 Å². The van der Waals surface area contributed by atoms with Gasteiger partial charge in [-0.15, -0.1) is 5.10 Å². The lowest BCUT2D eigenvalue weighted by Gasteiger charge is -2.55. The molecule has 0 unspecified atom stereocenters. The van der Waals surface area contributed by atoms with Crippen LogP contribution in [0.4, 0.5) is 0 Å². The van der Waals surface area contributed by atoms with Crippen molar-refractivity contribution in [3.63, 3.8) is 0 Å². The van der Waals surface area contributed by atoms with Gasteiger partial charge in [0.05, 0.1) is 11.8 Å². The van der Waals surface area contributed by atoms with Crippen LogP contribution in [0.3, 0.4) is 0 Å². The smallest absolute Gasteiger partial charge is 0.273 e. The fourth-order valence-corrected chi connectivity index (χ4v) is 3.74. The average Bonchev–Trinajstić information content (AvgIpc) is 2.98. The SMILES string of the molecule is CCc1c(C(=O)N[C@@H]2C[C@@H](O)C23CCOCC3)nnn1CC. The second-order valence-electron chi connectivity index (χ2n) is 6.18. The van der Waals surface area contributed by atoms with E-state index in [-0.39, 0.29) is 23.5 Å². The topological polar surface area (TPSA) is 89.3 Å². The maximum atomic E-state index is 12.5. The molecule has 1 saturated carbocycles. The first-order valence-electron chi connectivity index (χ1n) is 8.11. The molecule has 2 fully saturated rings. The predicted octanol–water partition coefficient (Wildman–Crippen LogP) is 0.520. The molecule has 1 aromatic heterocycles. The van der Waals surface area contributed by atoms with E-state index >= 15 is 0 Å². The molecule has 1 aliphatic heterocycles. The van der Waals surface area contributed by atoms with Crippen LogP contribution in [0.15, 0.2) is 0 Å². The molecule has 0 radical (unpaired) electrons. The normalized spacial score (nSPS) is 26.7. The van der Waals surface area contributed by atoms with Gasteiger partial charge in [-0.25, -0.2) is 4.68 Å². The lowest BCUT2D eigenvalue weighted by molar-refractivity contribution is -0.145. The fourth-order valence-electron chi connectivity index (χ4n) is 3.74. The van der Waals surface area contributed by atoms with Crippen LogP contribution < -0.4 is 5.32 Å². The first kappa shape index (κ1) is 15.4. The zero-order chi connectivity index (χ0) is 15.7. The Bertz CT molecular complexity index is 551. The van der Waals surface area contributed by atoms with Gasteiger partial charge in [0, 0.05) is 31.2 Å². The van der Waals surface area contributed by atoms with E-state index in [1.165, 1.54) is 0 Å². The van der Waals surface area contributed by atoms with Gasteiger partial charge in [0.15, 0.2) is 5.69 Å². The number of amides is 1. The van der Waals surface area contributed by atoms with Gasteiger partial charge in [-0.3, -0.25) is 4.79 Å². The summed E-state index contributed by atoms with van der Waals surface area (Å²) in [6.07, 6.45) is 2.56. The zero-order valence-electron chi connectivity index (χ0n) is 13.2. The highest BCUT2D eigenvalue weighted by Gasteiger charge is 2.55. The number of carbonyl (C=O) groups is 1. The molecule has 2 atom stereocenters. The van der Waals surface area contributed by atoms with Crippen molar-refractivity contribution in [1.29, 1.82) is 0 Å². The highest BCUT2D eigenvalue weighted by Crippen LogP contribution is 2.49. The minimum absolute atomic E-state index is 0.00428. The Morgan fingerprint density at radius 2 is 2.18 bits per heavy atom. The number of aliphatic hydroxyl groups excluding tert-OH is 1. The molecule has 1 amide bonds. The molecule has 2 heterocycles. The number of aryl methyl sites for hydroxylation is 1. The quantitative estimate of drug-likeness (QED) is 0.846. The van der Waals surface area contributed by atoms with Crippen molar-refractivity contribution in [3.8, 4) is 0 Å². The van der Waals surface area contributed by atoms with Crippen LogP contribution >= 0.6 is 0 Å².